The summed E-state index contributed by atoms with van der Waals surface area (Å²) in [7, 11) is 0. The number of nitrogens with zero attached hydrogens (tertiary/aromatic N) is 3. The van der Waals surface area contributed by atoms with Crippen LogP contribution in [0.15, 0.2) is 54.6 Å². The first-order valence-corrected chi connectivity index (χ1v) is 11.9. The average Bonchev–Trinajstić information content (AvgIpc) is 3.44. The van der Waals surface area contributed by atoms with E-state index in [1.54, 1.807) is 0 Å². The van der Waals surface area contributed by atoms with E-state index >= 15 is 0 Å². The normalized spacial score (nSPS) is 16.9. The van der Waals surface area contributed by atoms with Crippen LogP contribution in [0, 0.1) is 13.8 Å². The number of para-hydroxylation sites is 1. The van der Waals surface area contributed by atoms with Gasteiger partial charge in [0.25, 0.3) is 0 Å². The molecule has 1 aliphatic heterocycles. The van der Waals surface area contributed by atoms with E-state index in [1.807, 2.05) is 73.1 Å². The number of aliphatic hydroxyl groups excluding tert-OH is 1. The van der Waals surface area contributed by atoms with E-state index in [9.17, 15) is 5.11 Å². The largest absolute Gasteiger partial charge is 0.439 e. The molecule has 1 fully saturated rings. The van der Waals surface area contributed by atoms with E-state index in [2.05, 4.69) is 11.8 Å². The fourth-order valence-corrected chi connectivity index (χ4v) is 4.22. The van der Waals surface area contributed by atoms with E-state index < -0.39 is 0 Å². The second kappa shape index (κ2) is 11.0. The minimum atomic E-state index is -0.377. The maximum absolute atomic E-state index is 10.4. The number of benzene rings is 2. The number of hydrogen-bond acceptors (Lipinski definition) is 5. The molecule has 0 unspecified atom stereocenters. The minimum Gasteiger partial charge on any atom is -0.439 e. The van der Waals surface area contributed by atoms with Crippen LogP contribution in [-0.4, -0.2) is 51.7 Å². The van der Waals surface area contributed by atoms with E-state index in [0.29, 0.717) is 19.0 Å². The fourth-order valence-electron chi connectivity index (χ4n) is 4.22. The van der Waals surface area contributed by atoms with Crippen molar-refractivity contribution in [2.24, 2.45) is 0 Å². The predicted octanol–water partition coefficient (Wildman–Crippen LogP) is 5.03. The lowest BCUT2D eigenvalue weighted by atomic mass is 10.1. The average molecular weight is 450 g/mol. The predicted molar refractivity (Wildman–Crippen MR) is 130 cm³/mol. The summed E-state index contributed by atoms with van der Waals surface area (Å²) in [5.74, 6) is 1.49. The van der Waals surface area contributed by atoms with Crippen molar-refractivity contribution in [1.29, 1.82) is 0 Å². The molecule has 1 N–H and O–H groups in total. The van der Waals surface area contributed by atoms with Gasteiger partial charge < -0.3 is 14.6 Å². The summed E-state index contributed by atoms with van der Waals surface area (Å²) in [5.41, 5.74) is 4.09. The lowest BCUT2D eigenvalue weighted by Gasteiger charge is -2.27. The number of aliphatic hydroxyl groups is 1. The molecular weight excluding hydrogens is 414 g/mol. The van der Waals surface area contributed by atoms with Crippen molar-refractivity contribution in [2.75, 3.05) is 19.7 Å². The number of hydrogen-bond donors (Lipinski definition) is 1. The first-order chi connectivity index (χ1) is 16.0. The second-order valence-corrected chi connectivity index (χ2v) is 8.92. The molecule has 6 heteroatoms. The Bertz CT molecular complexity index is 1010. The van der Waals surface area contributed by atoms with Crippen LogP contribution in [0.3, 0.4) is 0 Å². The molecule has 0 saturated carbocycles. The molecule has 2 aromatic carbocycles. The zero-order valence-corrected chi connectivity index (χ0v) is 19.9. The third kappa shape index (κ3) is 6.02. The van der Waals surface area contributed by atoms with Crippen LogP contribution in [0.4, 0.5) is 0 Å². The minimum absolute atomic E-state index is 0.208. The first-order valence-electron chi connectivity index (χ1n) is 11.9. The Morgan fingerprint density at radius 2 is 1.91 bits per heavy atom. The SMILES string of the molecule is CC[C@@H](O)CN(Cc1c(C)nn(-c2ccccc2)c1Oc1ccc(C)cc1)C[C@@H]1CCCO1. The van der Waals surface area contributed by atoms with Gasteiger partial charge in [-0.25, -0.2) is 4.68 Å². The van der Waals surface area contributed by atoms with Crippen molar-refractivity contribution in [3.05, 3.63) is 71.4 Å². The molecule has 33 heavy (non-hydrogen) atoms. The van der Waals surface area contributed by atoms with Crippen molar-refractivity contribution in [2.45, 2.75) is 58.8 Å². The topological polar surface area (TPSA) is 59.8 Å². The van der Waals surface area contributed by atoms with Crippen LogP contribution < -0.4 is 4.74 Å². The second-order valence-electron chi connectivity index (χ2n) is 8.92. The Hall–Kier alpha value is -2.67. The summed E-state index contributed by atoms with van der Waals surface area (Å²) >= 11 is 0. The van der Waals surface area contributed by atoms with Crippen LogP contribution in [0.2, 0.25) is 0 Å². The molecule has 2 heterocycles. The summed E-state index contributed by atoms with van der Waals surface area (Å²) in [6, 6.07) is 18.1. The Morgan fingerprint density at radius 1 is 1.15 bits per heavy atom. The van der Waals surface area contributed by atoms with Crippen LogP contribution in [0.5, 0.6) is 11.6 Å². The van der Waals surface area contributed by atoms with Gasteiger partial charge in [0.1, 0.15) is 5.75 Å². The number of rotatable bonds is 10. The van der Waals surface area contributed by atoms with Gasteiger partial charge in [-0.1, -0.05) is 42.8 Å². The maximum atomic E-state index is 10.4. The molecule has 2 atom stereocenters. The highest BCUT2D eigenvalue weighted by atomic mass is 16.5. The third-order valence-corrected chi connectivity index (χ3v) is 6.18. The highest BCUT2D eigenvalue weighted by Crippen LogP contribution is 2.32. The van der Waals surface area contributed by atoms with Gasteiger partial charge >= 0.3 is 0 Å². The van der Waals surface area contributed by atoms with Gasteiger partial charge in [0.05, 0.1) is 29.2 Å². The van der Waals surface area contributed by atoms with Crippen LogP contribution in [-0.2, 0) is 11.3 Å². The molecule has 3 aromatic rings. The Balaban J connectivity index is 1.68. The van der Waals surface area contributed by atoms with Crippen molar-refractivity contribution < 1.29 is 14.6 Å². The molecular formula is C27H35N3O3. The summed E-state index contributed by atoms with van der Waals surface area (Å²) in [4.78, 5) is 2.28. The molecule has 0 aliphatic carbocycles. The molecule has 1 aliphatic rings. The van der Waals surface area contributed by atoms with E-state index in [-0.39, 0.29) is 12.2 Å². The van der Waals surface area contributed by atoms with Gasteiger partial charge in [0.2, 0.25) is 5.88 Å². The summed E-state index contributed by atoms with van der Waals surface area (Å²) in [5, 5.41) is 15.3. The van der Waals surface area contributed by atoms with Crippen molar-refractivity contribution in [3.8, 4) is 17.3 Å². The molecule has 0 amide bonds. The van der Waals surface area contributed by atoms with Crippen molar-refractivity contribution >= 4 is 0 Å². The third-order valence-electron chi connectivity index (χ3n) is 6.18. The van der Waals surface area contributed by atoms with E-state index in [0.717, 1.165) is 55.1 Å². The molecule has 4 rings (SSSR count). The van der Waals surface area contributed by atoms with Crippen molar-refractivity contribution in [3.63, 3.8) is 0 Å². The molecule has 0 bridgehead atoms. The highest BCUT2D eigenvalue weighted by Gasteiger charge is 2.25. The summed E-state index contributed by atoms with van der Waals surface area (Å²) < 4.78 is 14.2. The standard InChI is InChI=1S/C27H35N3O3/c1-4-23(31)17-29(18-25-11-8-16-32-25)19-26-21(3)28-30(22-9-6-5-7-10-22)27(26)33-24-14-12-20(2)13-15-24/h5-7,9-10,12-15,23,25,31H,4,8,11,16-19H2,1-3H3/t23-,25+/m1/s1. The van der Waals surface area contributed by atoms with Crippen LogP contribution in [0.25, 0.3) is 5.69 Å². The molecule has 0 radical (unpaired) electrons. The molecule has 1 saturated heterocycles. The zero-order chi connectivity index (χ0) is 23.2. The van der Waals surface area contributed by atoms with Gasteiger partial charge in [-0.15, -0.1) is 0 Å². The number of aromatic nitrogens is 2. The van der Waals surface area contributed by atoms with Crippen LogP contribution in [0.1, 0.15) is 43.0 Å². The molecule has 1 aromatic heterocycles. The lowest BCUT2D eigenvalue weighted by molar-refractivity contribution is 0.0451. The highest BCUT2D eigenvalue weighted by molar-refractivity contribution is 5.43. The fraction of sp³-hybridized carbons (Fsp3) is 0.444. The monoisotopic (exact) mass is 449 g/mol. The summed E-state index contributed by atoms with van der Waals surface area (Å²) in [6.45, 7) is 8.94. The molecule has 6 nitrogen and oxygen atoms in total. The van der Waals surface area contributed by atoms with Crippen molar-refractivity contribution in [1.82, 2.24) is 14.7 Å². The van der Waals surface area contributed by atoms with E-state index in [4.69, 9.17) is 14.6 Å². The number of aryl methyl sites for hydroxylation is 2. The summed E-state index contributed by atoms with van der Waals surface area (Å²) in [6.07, 6.45) is 2.71. The van der Waals surface area contributed by atoms with Gasteiger partial charge in [-0.05, 0) is 57.4 Å². The quantitative estimate of drug-likeness (QED) is 0.470. The van der Waals surface area contributed by atoms with Crippen LogP contribution >= 0.6 is 0 Å². The molecule has 0 spiro atoms. The zero-order valence-electron chi connectivity index (χ0n) is 19.9. The smallest absolute Gasteiger partial charge is 0.227 e. The first kappa shape index (κ1) is 23.5. The Kier molecular flexibility index (Phi) is 7.81. The van der Waals surface area contributed by atoms with Gasteiger partial charge in [0, 0.05) is 26.2 Å². The van der Waals surface area contributed by atoms with Gasteiger partial charge in [0.15, 0.2) is 0 Å². The Labute approximate surface area is 196 Å². The van der Waals surface area contributed by atoms with Gasteiger partial charge in [-0.2, -0.15) is 5.10 Å². The van der Waals surface area contributed by atoms with E-state index in [1.165, 1.54) is 5.56 Å². The number of ether oxygens (including phenoxy) is 2. The maximum Gasteiger partial charge on any atom is 0.227 e. The molecule has 176 valence electrons. The Morgan fingerprint density at radius 3 is 2.58 bits per heavy atom. The van der Waals surface area contributed by atoms with Gasteiger partial charge in [-0.3, -0.25) is 4.90 Å². The lowest BCUT2D eigenvalue weighted by Crippen LogP contribution is -2.37.